The average molecular weight is 368 g/mol. The van der Waals surface area contributed by atoms with Crippen LogP contribution in [0.3, 0.4) is 0 Å². The molecule has 0 aromatic heterocycles. The normalized spacial score (nSPS) is 14.7. The van der Waals surface area contributed by atoms with Gasteiger partial charge in [0.05, 0.1) is 11.3 Å². The Hall–Kier alpha value is -2.72. The van der Waals surface area contributed by atoms with Crippen molar-refractivity contribution in [1.29, 1.82) is 0 Å². The van der Waals surface area contributed by atoms with Crippen molar-refractivity contribution in [2.75, 3.05) is 7.05 Å². The van der Waals surface area contributed by atoms with E-state index in [1.807, 2.05) is 13.0 Å². The van der Waals surface area contributed by atoms with Crippen LogP contribution in [0.1, 0.15) is 45.2 Å². The highest BCUT2D eigenvalue weighted by Crippen LogP contribution is 2.31. The number of Topliss-reactive ketones (excluding diaryl/α,β-unsaturated/α-hetero) is 2. The number of ketones is 2. The first kappa shape index (κ1) is 18.1. The molecule has 0 spiro atoms. The van der Waals surface area contributed by atoms with Crippen LogP contribution < -0.4 is 0 Å². The fraction of sp³-hybridized carbons (Fsp3) is 0.190. The molecule has 0 saturated heterocycles. The molecule has 0 fully saturated rings. The van der Waals surface area contributed by atoms with E-state index in [9.17, 15) is 14.7 Å². The molecule has 3 rings (SSSR count). The quantitative estimate of drug-likeness (QED) is 0.803. The monoisotopic (exact) mass is 367 g/mol. The maximum Gasteiger partial charge on any atom is 0.228 e. The summed E-state index contributed by atoms with van der Waals surface area (Å²) >= 11 is 5.93. The highest BCUT2D eigenvalue weighted by Gasteiger charge is 2.36. The number of fused-ring (bicyclic) bond motifs is 1. The molecule has 132 valence electrons. The number of benzene rings is 2. The van der Waals surface area contributed by atoms with Crippen LogP contribution in [0.25, 0.3) is 0 Å². The van der Waals surface area contributed by atoms with E-state index in [4.69, 9.17) is 11.6 Å². The standard InChI is InChI=1S/C21H18ClNO3/c1-3-5-12-6-4-7-15-16(12)20(25)17(21(26)19(15)24)18(23-2)13-8-10-14(22)11-9-13/h4,6-11,26H,3,5H2,1-2H3/b23-18-. The first-order valence-corrected chi connectivity index (χ1v) is 8.75. The second kappa shape index (κ2) is 7.26. The van der Waals surface area contributed by atoms with Crippen LogP contribution in [0.2, 0.25) is 5.02 Å². The van der Waals surface area contributed by atoms with Gasteiger partial charge in [-0.1, -0.05) is 55.3 Å². The SMILES string of the molecule is CCCc1cccc2c1C(=O)C(/C(=N\C)c1ccc(Cl)cc1)=C(O)C2=O. The van der Waals surface area contributed by atoms with Crippen molar-refractivity contribution in [1.82, 2.24) is 0 Å². The van der Waals surface area contributed by atoms with Crippen LogP contribution >= 0.6 is 11.6 Å². The number of nitrogens with zero attached hydrogens (tertiary/aromatic N) is 1. The Morgan fingerprint density at radius 2 is 1.77 bits per heavy atom. The zero-order valence-corrected chi connectivity index (χ0v) is 15.3. The first-order valence-electron chi connectivity index (χ1n) is 8.37. The lowest BCUT2D eigenvalue weighted by atomic mass is 9.81. The number of hydrogen-bond donors (Lipinski definition) is 1. The van der Waals surface area contributed by atoms with Crippen molar-refractivity contribution in [3.63, 3.8) is 0 Å². The molecule has 4 nitrogen and oxygen atoms in total. The number of aryl methyl sites for hydroxylation is 1. The molecular weight excluding hydrogens is 350 g/mol. The number of aliphatic hydroxyl groups excluding tert-OH is 1. The molecule has 5 heteroatoms. The minimum Gasteiger partial charge on any atom is -0.504 e. The van der Waals surface area contributed by atoms with Gasteiger partial charge in [-0.2, -0.15) is 0 Å². The summed E-state index contributed by atoms with van der Waals surface area (Å²) < 4.78 is 0. The van der Waals surface area contributed by atoms with Crippen molar-refractivity contribution in [2.24, 2.45) is 4.99 Å². The third-order valence-electron chi connectivity index (χ3n) is 4.40. The summed E-state index contributed by atoms with van der Waals surface area (Å²) in [6.45, 7) is 2.01. The van der Waals surface area contributed by atoms with Crippen LogP contribution in [0.15, 0.2) is 58.8 Å². The molecule has 0 saturated carbocycles. The van der Waals surface area contributed by atoms with Gasteiger partial charge < -0.3 is 5.11 Å². The predicted octanol–water partition coefficient (Wildman–Crippen LogP) is 4.60. The van der Waals surface area contributed by atoms with E-state index in [2.05, 4.69) is 4.99 Å². The van der Waals surface area contributed by atoms with Crippen LogP contribution in [-0.2, 0) is 6.42 Å². The molecule has 1 aliphatic carbocycles. The van der Waals surface area contributed by atoms with Crippen LogP contribution in [0, 0.1) is 0 Å². The number of carbonyl (C=O) groups is 2. The summed E-state index contributed by atoms with van der Waals surface area (Å²) in [5.74, 6) is -1.49. The van der Waals surface area contributed by atoms with Gasteiger partial charge in [0.2, 0.25) is 5.78 Å². The van der Waals surface area contributed by atoms with Gasteiger partial charge in [0.25, 0.3) is 0 Å². The third-order valence-corrected chi connectivity index (χ3v) is 4.65. The third kappa shape index (κ3) is 2.97. The van der Waals surface area contributed by atoms with E-state index >= 15 is 0 Å². The summed E-state index contributed by atoms with van der Waals surface area (Å²) in [5, 5.41) is 11.0. The Balaban J connectivity index is 2.19. The van der Waals surface area contributed by atoms with Gasteiger partial charge in [0.1, 0.15) is 0 Å². The number of hydrogen-bond acceptors (Lipinski definition) is 4. The molecule has 0 unspecified atom stereocenters. The average Bonchev–Trinajstić information content (AvgIpc) is 2.64. The van der Waals surface area contributed by atoms with Crippen LogP contribution in [0.4, 0.5) is 0 Å². The number of halogens is 1. The van der Waals surface area contributed by atoms with Gasteiger partial charge in [-0.15, -0.1) is 0 Å². The predicted molar refractivity (Wildman–Crippen MR) is 103 cm³/mol. The molecular formula is C21H18ClNO3. The topological polar surface area (TPSA) is 66.7 Å². The molecule has 1 aliphatic rings. The Kier molecular flexibility index (Phi) is 5.05. The lowest BCUT2D eigenvalue weighted by molar-refractivity contribution is 0.0933. The summed E-state index contributed by atoms with van der Waals surface area (Å²) in [5.41, 5.74) is 2.23. The minimum absolute atomic E-state index is 0.0594. The molecule has 0 amide bonds. The fourth-order valence-corrected chi connectivity index (χ4v) is 3.35. The van der Waals surface area contributed by atoms with Crippen LogP contribution in [-0.4, -0.2) is 29.4 Å². The van der Waals surface area contributed by atoms with Crippen molar-refractivity contribution < 1.29 is 14.7 Å². The number of rotatable bonds is 4. The van der Waals surface area contributed by atoms with E-state index in [0.29, 0.717) is 22.6 Å². The lowest BCUT2D eigenvalue weighted by Gasteiger charge is -2.21. The molecule has 2 aromatic carbocycles. The molecule has 26 heavy (non-hydrogen) atoms. The minimum atomic E-state index is -0.563. The Bertz CT molecular complexity index is 956. The molecule has 0 bridgehead atoms. The van der Waals surface area contributed by atoms with Crippen molar-refractivity contribution in [2.45, 2.75) is 19.8 Å². The van der Waals surface area contributed by atoms with E-state index in [0.717, 1.165) is 12.0 Å². The zero-order chi connectivity index (χ0) is 18.8. The number of aliphatic imine (C=N–C) groups is 1. The summed E-state index contributed by atoms with van der Waals surface area (Å²) in [6, 6.07) is 11.9. The van der Waals surface area contributed by atoms with Crippen LogP contribution in [0.5, 0.6) is 0 Å². The van der Waals surface area contributed by atoms with Crippen molar-refractivity contribution in [3.8, 4) is 0 Å². The second-order valence-corrected chi connectivity index (χ2v) is 6.49. The highest BCUT2D eigenvalue weighted by atomic mass is 35.5. The van der Waals surface area contributed by atoms with Crippen molar-refractivity contribution in [3.05, 3.63) is 81.1 Å². The Labute approximate surface area is 156 Å². The molecule has 1 N–H and O–H groups in total. The summed E-state index contributed by atoms with van der Waals surface area (Å²) in [7, 11) is 1.52. The Morgan fingerprint density at radius 1 is 1.08 bits per heavy atom. The van der Waals surface area contributed by atoms with Gasteiger partial charge in [-0.25, -0.2) is 0 Å². The summed E-state index contributed by atoms with van der Waals surface area (Å²) in [4.78, 5) is 30.1. The molecule has 0 heterocycles. The second-order valence-electron chi connectivity index (χ2n) is 6.05. The van der Waals surface area contributed by atoms with Gasteiger partial charge in [0.15, 0.2) is 11.5 Å². The van der Waals surface area contributed by atoms with Gasteiger partial charge in [-0.05, 0) is 24.1 Å². The zero-order valence-electron chi connectivity index (χ0n) is 14.5. The van der Waals surface area contributed by atoms with Gasteiger partial charge >= 0.3 is 0 Å². The van der Waals surface area contributed by atoms with E-state index in [-0.39, 0.29) is 22.6 Å². The Morgan fingerprint density at radius 3 is 2.38 bits per heavy atom. The van der Waals surface area contributed by atoms with Crippen molar-refractivity contribution >= 4 is 28.9 Å². The maximum atomic E-state index is 13.2. The maximum absolute atomic E-state index is 13.2. The number of carbonyl (C=O) groups excluding carboxylic acids is 2. The van der Waals surface area contributed by atoms with E-state index in [1.165, 1.54) is 7.05 Å². The first-order chi connectivity index (χ1) is 12.5. The molecule has 2 aromatic rings. The number of allylic oxidation sites excluding steroid dienone is 2. The van der Waals surface area contributed by atoms with E-state index < -0.39 is 11.5 Å². The lowest BCUT2D eigenvalue weighted by Crippen LogP contribution is -2.28. The highest BCUT2D eigenvalue weighted by molar-refractivity contribution is 6.40. The van der Waals surface area contributed by atoms with Gasteiger partial charge in [-0.3, -0.25) is 14.6 Å². The summed E-state index contributed by atoms with van der Waals surface area (Å²) in [6.07, 6.45) is 1.52. The largest absolute Gasteiger partial charge is 0.504 e. The van der Waals surface area contributed by atoms with E-state index in [1.54, 1.807) is 36.4 Å². The number of aliphatic hydroxyl groups is 1. The molecule has 0 atom stereocenters. The van der Waals surface area contributed by atoms with Gasteiger partial charge in [0, 0.05) is 28.8 Å². The smallest absolute Gasteiger partial charge is 0.228 e. The molecule has 0 aliphatic heterocycles. The fourth-order valence-electron chi connectivity index (χ4n) is 3.22. The molecule has 0 radical (unpaired) electrons.